The molecule has 0 saturated carbocycles. The Morgan fingerprint density at radius 1 is 1.38 bits per heavy atom. The standard InChI is InChI=1S/C18H25N5O2S/c1-14-17(26-13-20-14)9-21-7-15-6-19-12-23(15)16(8-21)10-25-11-18(24)22-4-2-3-5-22/h6,12-13,16H,2-5,7-11H2,1H3. The van der Waals surface area contributed by atoms with Gasteiger partial charge in [0, 0.05) is 43.8 Å². The van der Waals surface area contributed by atoms with Crippen molar-refractivity contribution in [3.8, 4) is 0 Å². The maximum absolute atomic E-state index is 12.2. The minimum atomic E-state index is 0.112. The van der Waals surface area contributed by atoms with E-state index in [0.29, 0.717) is 6.61 Å². The third kappa shape index (κ3) is 3.82. The van der Waals surface area contributed by atoms with Crippen molar-refractivity contribution in [2.45, 2.75) is 38.9 Å². The van der Waals surface area contributed by atoms with Crippen LogP contribution in [0.1, 0.15) is 35.1 Å². The van der Waals surface area contributed by atoms with E-state index in [-0.39, 0.29) is 18.6 Å². The van der Waals surface area contributed by atoms with E-state index in [1.165, 1.54) is 10.6 Å². The number of thiazole rings is 1. The Labute approximate surface area is 157 Å². The molecule has 1 amide bonds. The molecule has 2 aromatic heterocycles. The lowest BCUT2D eigenvalue weighted by Crippen LogP contribution is -2.39. The summed E-state index contributed by atoms with van der Waals surface area (Å²) in [5, 5.41) is 0. The molecule has 0 spiro atoms. The van der Waals surface area contributed by atoms with E-state index in [1.807, 2.05) is 22.9 Å². The number of hydrogen-bond donors (Lipinski definition) is 0. The Morgan fingerprint density at radius 2 is 2.23 bits per heavy atom. The molecule has 1 unspecified atom stereocenters. The molecule has 2 aliphatic rings. The van der Waals surface area contributed by atoms with Gasteiger partial charge in [0.1, 0.15) is 6.61 Å². The van der Waals surface area contributed by atoms with Gasteiger partial charge in [-0.15, -0.1) is 11.3 Å². The van der Waals surface area contributed by atoms with Crippen LogP contribution >= 0.6 is 11.3 Å². The summed E-state index contributed by atoms with van der Waals surface area (Å²) in [5.74, 6) is 0.112. The van der Waals surface area contributed by atoms with E-state index in [4.69, 9.17) is 4.74 Å². The Morgan fingerprint density at radius 3 is 3.00 bits per heavy atom. The highest BCUT2D eigenvalue weighted by Crippen LogP contribution is 2.24. The van der Waals surface area contributed by atoms with Crippen molar-refractivity contribution in [3.05, 3.63) is 34.3 Å². The Balaban J connectivity index is 1.35. The minimum Gasteiger partial charge on any atom is -0.369 e. The van der Waals surface area contributed by atoms with Gasteiger partial charge in [-0.05, 0) is 19.8 Å². The van der Waals surface area contributed by atoms with Crippen molar-refractivity contribution in [2.75, 3.05) is 32.8 Å². The Bertz CT molecular complexity index is 752. The van der Waals surface area contributed by atoms with Crippen LogP contribution in [0.4, 0.5) is 0 Å². The van der Waals surface area contributed by atoms with Crippen LogP contribution in [0.3, 0.4) is 0 Å². The monoisotopic (exact) mass is 375 g/mol. The fourth-order valence-corrected chi connectivity index (χ4v) is 4.56. The van der Waals surface area contributed by atoms with Gasteiger partial charge in [-0.1, -0.05) is 0 Å². The number of ether oxygens (including phenoxy) is 1. The summed E-state index contributed by atoms with van der Waals surface area (Å²) < 4.78 is 8.00. The number of rotatable bonds is 6. The lowest BCUT2D eigenvalue weighted by molar-refractivity contribution is -0.135. The number of aryl methyl sites for hydroxylation is 1. The first-order valence-electron chi connectivity index (χ1n) is 9.18. The SMILES string of the molecule is Cc1ncsc1CN1Cc2cncn2C(COCC(=O)N2CCCC2)C1. The molecule has 7 nitrogen and oxygen atoms in total. The summed E-state index contributed by atoms with van der Waals surface area (Å²) in [5.41, 5.74) is 4.21. The molecule has 8 heteroatoms. The van der Waals surface area contributed by atoms with Crippen LogP contribution < -0.4 is 0 Å². The van der Waals surface area contributed by atoms with Crippen molar-refractivity contribution < 1.29 is 9.53 Å². The van der Waals surface area contributed by atoms with Crippen molar-refractivity contribution in [1.82, 2.24) is 24.3 Å². The molecule has 0 aliphatic carbocycles. The van der Waals surface area contributed by atoms with Gasteiger partial charge in [0.25, 0.3) is 0 Å². The number of aromatic nitrogens is 3. The number of fused-ring (bicyclic) bond motifs is 1. The maximum atomic E-state index is 12.2. The molecule has 26 heavy (non-hydrogen) atoms. The van der Waals surface area contributed by atoms with Gasteiger partial charge in [-0.2, -0.15) is 0 Å². The van der Waals surface area contributed by atoms with E-state index in [9.17, 15) is 4.79 Å². The first-order chi connectivity index (χ1) is 12.7. The first-order valence-corrected chi connectivity index (χ1v) is 10.1. The van der Waals surface area contributed by atoms with Crippen LogP contribution in [0, 0.1) is 6.92 Å². The molecule has 1 saturated heterocycles. The predicted molar refractivity (Wildman–Crippen MR) is 98.9 cm³/mol. The summed E-state index contributed by atoms with van der Waals surface area (Å²) in [4.78, 5) is 26.4. The summed E-state index contributed by atoms with van der Waals surface area (Å²) in [7, 11) is 0. The van der Waals surface area contributed by atoms with Crippen molar-refractivity contribution in [3.63, 3.8) is 0 Å². The number of carbonyl (C=O) groups excluding carboxylic acids is 1. The smallest absolute Gasteiger partial charge is 0.248 e. The van der Waals surface area contributed by atoms with E-state index in [1.54, 1.807) is 11.3 Å². The molecular weight excluding hydrogens is 350 g/mol. The second-order valence-electron chi connectivity index (χ2n) is 7.08. The average Bonchev–Trinajstić information content (AvgIpc) is 3.37. The normalized spacial score (nSPS) is 20.5. The molecule has 140 valence electrons. The van der Waals surface area contributed by atoms with Crippen LogP contribution in [-0.4, -0.2) is 63.1 Å². The highest BCUT2D eigenvalue weighted by molar-refractivity contribution is 7.09. The second-order valence-corrected chi connectivity index (χ2v) is 8.02. The lowest BCUT2D eigenvalue weighted by Gasteiger charge is -2.34. The van der Waals surface area contributed by atoms with Crippen molar-refractivity contribution in [1.29, 1.82) is 0 Å². The minimum absolute atomic E-state index is 0.112. The summed E-state index contributed by atoms with van der Waals surface area (Å²) in [6.45, 7) is 7.17. The average molecular weight is 375 g/mol. The molecule has 1 fully saturated rings. The Kier molecular flexibility index (Phi) is 5.33. The molecule has 2 aliphatic heterocycles. The van der Waals surface area contributed by atoms with Crippen LogP contribution in [0.5, 0.6) is 0 Å². The highest BCUT2D eigenvalue weighted by atomic mass is 32.1. The van der Waals surface area contributed by atoms with Gasteiger partial charge in [-0.3, -0.25) is 9.69 Å². The molecule has 4 heterocycles. The topological polar surface area (TPSA) is 63.5 Å². The number of imidazole rings is 1. The molecule has 0 radical (unpaired) electrons. The highest BCUT2D eigenvalue weighted by Gasteiger charge is 2.26. The molecular formula is C18H25N5O2S. The van der Waals surface area contributed by atoms with Gasteiger partial charge in [0.05, 0.1) is 35.9 Å². The number of hydrogen-bond acceptors (Lipinski definition) is 6. The number of nitrogens with zero attached hydrogens (tertiary/aromatic N) is 5. The zero-order valence-corrected chi connectivity index (χ0v) is 16.0. The van der Waals surface area contributed by atoms with Gasteiger partial charge < -0.3 is 14.2 Å². The molecule has 4 rings (SSSR count). The van der Waals surface area contributed by atoms with Crippen LogP contribution in [0.2, 0.25) is 0 Å². The van der Waals surface area contributed by atoms with E-state index in [2.05, 4.69) is 26.4 Å². The van der Waals surface area contributed by atoms with E-state index in [0.717, 1.165) is 51.3 Å². The summed E-state index contributed by atoms with van der Waals surface area (Å²) in [6, 6.07) is 0.181. The summed E-state index contributed by atoms with van der Waals surface area (Å²) in [6.07, 6.45) is 6.02. The molecule has 1 atom stereocenters. The lowest BCUT2D eigenvalue weighted by atomic mass is 10.2. The Hall–Kier alpha value is -1.77. The summed E-state index contributed by atoms with van der Waals surface area (Å²) >= 11 is 1.71. The molecule has 2 aromatic rings. The predicted octanol–water partition coefficient (Wildman–Crippen LogP) is 1.84. The van der Waals surface area contributed by atoms with Crippen LogP contribution in [0.15, 0.2) is 18.0 Å². The largest absolute Gasteiger partial charge is 0.369 e. The third-order valence-electron chi connectivity index (χ3n) is 5.20. The quantitative estimate of drug-likeness (QED) is 0.771. The zero-order valence-electron chi connectivity index (χ0n) is 15.1. The number of amides is 1. The first kappa shape index (κ1) is 17.6. The van der Waals surface area contributed by atoms with Crippen molar-refractivity contribution in [2.24, 2.45) is 0 Å². The fraction of sp³-hybridized carbons (Fsp3) is 0.611. The van der Waals surface area contributed by atoms with Gasteiger partial charge >= 0.3 is 0 Å². The zero-order chi connectivity index (χ0) is 17.9. The van der Waals surface area contributed by atoms with Crippen LogP contribution in [0.25, 0.3) is 0 Å². The molecule has 0 N–H and O–H groups in total. The van der Waals surface area contributed by atoms with Gasteiger partial charge in [-0.25, -0.2) is 9.97 Å². The van der Waals surface area contributed by atoms with E-state index < -0.39 is 0 Å². The number of carbonyl (C=O) groups is 1. The third-order valence-corrected chi connectivity index (χ3v) is 6.12. The maximum Gasteiger partial charge on any atom is 0.248 e. The van der Waals surface area contributed by atoms with E-state index >= 15 is 0 Å². The van der Waals surface area contributed by atoms with Crippen LogP contribution in [-0.2, 0) is 22.6 Å². The van der Waals surface area contributed by atoms with Gasteiger partial charge in [0.15, 0.2) is 0 Å². The van der Waals surface area contributed by atoms with Gasteiger partial charge in [0.2, 0.25) is 5.91 Å². The van der Waals surface area contributed by atoms with Crippen molar-refractivity contribution >= 4 is 17.2 Å². The molecule has 0 aromatic carbocycles. The molecule has 0 bridgehead atoms. The second kappa shape index (κ2) is 7.85. The fourth-order valence-electron chi connectivity index (χ4n) is 3.74. The number of likely N-dealkylation sites (tertiary alicyclic amines) is 1.